The molecule has 1 unspecified atom stereocenters. The van der Waals surface area contributed by atoms with Gasteiger partial charge >= 0.3 is 6.18 Å². The molecule has 0 bridgehead atoms. The van der Waals surface area contributed by atoms with Crippen molar-refractivity contribution in [3.63, 3.8) is 0 Å². The number of hydrogen-bond donors (Lipinski definition) is 2. The van der Waals surface area contributed by atoms with Gasteiger partial charge in [0.15, 0.2) is 11.5 Å². The lowest BCUT2D eigenvalue weighted by Gasteiger charge is -2.44. The number of hydrogen-bond acceptors (Lipinski definition) is 4. The maximum atomic E-state index is 15.1. The highest BCUT2D eigenvalue weighted by atomic mass is 35.5. The molecule has 6 nitrogen and oxygen atoms in total. The first-order chi connectivity index (χ1) is 16.4. The first-order valence-electron chi connectivity index (χ1n) is 10.0. The number of nitrogens with zero attached hydrogens (tertiary/aromatic N) is 1. The third-order valence-electron chi connectivity index (χ3n) is 5.79. The average Bonchev–Trinajstić information content (AvgIpc) is 3.26. The third kappa shape index (κ3) is 4.43. The predicted octanol–water partition coefficient (Wildman–Crippen LogP) is 4.22. The summed E-state index contributed by atoms with van der Waals surface area (Å²) in [5.41, 5.74) is -2.73. The van der Waals surface area contributed by atoms with Crippen LogP contribution in [0.25, 0.3) is 5.70 Å². The van der Waals surface area contributed by atoms with E-state index in [4.69, 9.17) is 28.0 Å². The van der Waals surface area contributed by atoms with Crippen molar-refractivity contribution >= 4 is 41.2 Å². The van der Waals surface area contributed by atoms with E-state index in [9.17, 15) is 27.2 Å². The van der Waals surface area contributed by atoms with Crippen LogP contribution in [0.2, 0.25) is 10.0 Å². The molecule has 1 saturated heterocycles. The minimum atomic E-state index is -4.98. The second-order valence-electron chi connectivity index (χ2n) is 8.04. The fourth-order valence-corrected chi connectivity index (χ4v) is 4.35. The summed E-state index contributed by atoms with van der Waals surface area (Å²) in [6, 6.07) is 7.14. The second kappa shape index (κ2) is 8.96. The van der Waals surface area contributed by atoms with Gasteiger partial charge in [-0.05, 0) is 29.3 Å². The molecule has 2 N–H and O–H groups in total. The summed E-state index contributed by atoms with van der Waals surface area (Å²) in [7, 11) is 0. The summed E-state index contributed by atoms with van der Waals surface area (Å²) in [5, 5.41) is 1.00. The zero-order chi connectivity index (χ0) is 25.6. The normalized spacial score (nSPS) is 21.1. The van der Waals surface area contributed by atoms with Crippen LogP contribution in [0, 0.1) is 5.82 Å². The molecular formula is C22H16Cl2F5N3O3. The fourth-order valence-electron chi connectivity index (χ4n) is 3.86. The summed E-state index contributed by atoms with van der Waals surface area (Å²) in [5.74, 6) is -1.50. The molecule has 2 amide bonds. The summed E-state index contributed by atoms with van der Waals surface area (Å²) < 4.78 is 71.3. The topological polar surface area (TPSA) is 70.7 Å². The van der Waals surface area contributed by atoms with Gasteiger partial charge in [0.1, 0.15) is 0 Å². The lowest BCUT2D eigenvalue weighted by atomic mass is 9.87. The van der Waals surface area contributed by atoms with E-state index in [1.165, 1.54) is 29.2 Å². The zero-order valence-corrected chi connectivity index (χ0v) is 19.1. The van der Waals surface area contributed by atoms with E-state index < -0.39 is 44.8 Å². The van der Waals surface area contributed by atoms with Gasteiger partial charge in [0.25, 0.3) is 0 Å². The molecule has 2 aliphatic heterocycles. The number of hydroxylamine groups is 1. The minimum absolute atomic E-state index is 0.0660. The molecule has 35 heavy (non-hydrogen) atoms. The molecule has 1 fully saturated rings. The van der Waals surface area contributed by atoms with E-state index >= 15 is 4.39 Å². The van der Waals surface area contributed by atoms with E-state index in [1.807, 2.05) is 0 Å². The Morgan fingerprint density at radius 3 is 2.29 bits per heavy atom. The van der Waals surface area contributed by atoms with Crippen molar-refractivity contribution in [3.8, 4) is 0 Å². The first kappa shape index (κ1) is 25.2. The number of rotatable bonds is 6. The number of benzene rings is 2. The Kier molecular flexibility index (Phi) is 6.45. The zero-order valence-electron chi connectivity index (χ0n) is 17.6. The number of nitrogens with one attached hydrogen (secondary N) is 2. The van der Waals surface area contributed by atoms with E-state index in [1.54, 1.807) is 0 Å². The molecule has 0 aliphatic carbocycles. The summed E-state index contributed by atoms with van der Waals surface area (Å²) >= 11 is 11.4. The van der Waals surface area contributed by atoms with Crippen LogP contribution in [0.5, 0.6) is 0 Å². The number of carbonyl (C=O) groups excluding carboxylic acids is 2. The van der Waals surface area contributed by atoms with Crippen molar-refractivity contribution < 1.29 is 36.4 Å². The molecule has 0 saturated carbocycles. The van der Waals surface area contributed by atoms with Gasteiger partial charge in [-0.25, -0.2) is 8.78 Å². The van der Waals surface area contributed by atoms with Crippen LogP contribution in [-0.2, 0) is 25.7 Å². The highest BCUT2D eigenvalue weighted by Gasteiger charge is 2.60. The van der Waals surface area contributed by atoms with Crippen molar-refractivity contribution in [1.82, 2.24) is 15.7 Å². The van der Waals surface area contributed by atoms with Gasteiger partial charge in [0, 0.05) is 5.56 Å². The molecular weight excluding hydrogens is 520 g/mol. The fraction of sp³-hybridized carbons (Fsp3) is 0.273. The van der Waals surface area contributed by atoms with Crippen molar-refractivity contribution in [2.75, 3.05) is 19.6 Å². The number of carbonyl (C=O) groups is 2. The quantitative estimate of drug-likeness (QED) is 0.330. The second-order valence-corrected chi connectivity index (χ2v) is 8.86. The van der Waals surface area contributed by atoms with Gasteiger partial charge in [0.2, 0.25) is 17.9 Å². The van der Waals surface area contributed by atoms with Crippen molar-refractivity contribution in [1.29, 1.82) is 0 Å². The Labute approximate surface area is 205 Å². The van der Waals surface area contributed by atoms with Gasteiger partial charge in [-0.1, -0.05) is 47.5 Å². The van der Waals surface area contributed by atoms with Crippen LogP contribution < -0.4 is 10.8 Å². The Morgan fingerprint density at radius 1 is 1.14 bits per heavy atom. The van der Waals surface area contributed by atoms with Crippen LogP contribution in [-0.4, -0.2) is 43.0 Å². The Bertz CT molecular complexity index is 1180. The van der Waals surface area contributed by atoms with E-state index in [2.05, 4.69) is 10.8 Å². The lowest BCUT2D eigenvalue weighted by Crippen LogP contribution is -2.60. The first-order valence-corrected chi connectivity index (χ1v) is 10.8. The number of likely N-dealkylation sites (tertiary alicyclic amines) is 1. The Balaban J connectivity index is 1.58. The summed E-state index contributed by atoms with van der Waals surface area (Å²) in [6.45, 7) is -0.693. The molecule has 2 aromatic rings. The van der Waals surface area contributed by atoms with E-state index in [0.717, 1.165) is 18.2 Å². The van der Waals surface area contributed by atoms with Crippen LogP contribution >= 0.6 is 23.2 Å². The van der Waals surface area contributed by atoms with Crippen LogP contribution in [0.3, 0.4) is 0 Å². The van der Waals surface area contributed by atoms with Gasteiger partial charge < -0.3 is 10.2 Å². The molecule has 13 heteroatoms. The maximum Gasteiger partial charge on any atom is 0.428 e. The Hall–Kier alpha value is -2.89. The predicted molar refractivity (Wildman–Crippen MR) is 116 cm³/mol. The molecule has 4 rings (SSSR count). The number of halogens is 7. The van der Waals surface area contributed by atoms with Gasteiger partial charge in [-0.3, -0.25) is 19.9 Å². The molecule has 1 atom stereocenters. The average molecular weight is 536 g/mol. The lowest BCUT2D eigenvalue weighted by molar-refractivity contribution is -0.269. The van der Waals surface area contributed by atoms with E-state index in [0.29, 0.717) is 6.41 Å². The molecule has 0 radical (unpaired) electrons. The smallest absolute Gasteiger partial charge is 0.350 e. The molecule has 186 valence electrons. The molecule has 2 heterocycles. The number of alkyl halides is 4. The van der Waals surface area contributed by atoms with Gasteiger partial charge in [-0.15, -0.1) is 0 Å². The highest BCUT2D eigenvalue weighted by molar-refractivity contribution is 6.35. The molecule has 0 aromatic heterocycles. The SMILES string of the molecule is O=CNCC(=O)N1CC(F)(c2ccc(C3=CC(c4cc(Cl)c(F)c(Cl)c4)(C(F)(F)F)ON3)cc2)C1. The van der Waals surface area contributed by atoms with Crippen LogP contribution in [0.15, 0.2) is 42.5 Å². The molecule has 2 aromatic carbocycles. The van der Waals surface area contributed by atoms with Crippen molar-refractivity contribution in [2.24, 2.45) is 0 Å². The summed E-state index contributed by atoms with van der Waals surface area (Å²) in [4.78, 5) is 28.3. The third-order valence-corrected chi connectivity index (χ3v) is 6.34. The maximum absolute atomic E-state index is 15.1. The van der Waals surface area contributed by atoms with Gasteiger partial charge in [-0.2, -0.15) is 13.2 Å². The minimum Gasteiger partial charge on any atom is -0.350 e. The summed E-state index contributed by atoms with van der Waals surface area (Å²) in [6.07, 6.45) is -3.85. The Morgan fingerprint density at radius 2 is 1.74 bits per heavy atom. The van der Waals surface area contributed by atoms with Gasteiger partial charge in [0.05, 0.1) is 35.4 Å². The molecule has 0 spiro atoms. The largest absolute Gasteiger partial charge is 0.428 e. The van der Waals surface area contributed by atoms with Crippen molar-refractivity contribution in [3.05, 3.63) is 75.0 Å². The molecule has 2 aliphatic rings. The van der Waals surface area contributed by atoms with E-state index in [-0.39, 0.29) is 36.5 Å². The van der Waals surface area contributed by atoms with Crippen LogP contribution in [0.4, 0.5) is 22.0 Å². The number of amides is 2. The monoisotopic (exact) mass is 535 g/mol. The standard InChI is InChI=1S/C22H16Cl2F5N3O3/c23-15-5-14(6-16(24)19(15)25)21(22(27,28)29)7-17(31-35-21)12-1-3-13(4-2-12)20(26)9-32(10-20)18(34)8-30-11-33/h1-7,11,31H,8-10H2,(H,30,33). The van der Waals surface area contributed by atoms with Crippen LogP contribution in [0.1, 0.15) is 16.7 Å². The highest BCUT2D eigenvalue weighted by Crippen LogP contribution is 2.48. The van der Waals surface area contributed by atoms with Crippen molar-refractivity contribution in [2.45, 2.75) is 17.4 Å².